The second-order valence-corrected chi connectivity index (χ2v) is 10.7. The van der Waals surface area contributed by atoms with Crippen LogP contribution < -0.4 is 0 Å². The molecule has 0 bridgehead atoms. The van der Waals surface area contributed by atoms with Crippen molar-refractivity contribution in [2.75, 3.05) is 0 Å². The van der Waals surface area contributed by atoms with Gasteiger partial charge in [-0.3, -0.25) is 4.79 Å². The first-order chi connectivity index (χ1) is 9.10. The molecule has 0 saturated carbocycles. The van der Waals surface area contributed by atoms with Crippen LogP contribution in [0.2, 0.25) is 19.6 Å². The standard InChI is InChI=1S/C16H20O3Si/c1-10-13(7-8-20(4,5)6)11(2)15(16(18)19)12(3)14(10)9-17/h9H,1-6H3,(H,18,19). The fourth-order valence-corrected chi connectivity index (χ4v) is 2.67. The third kappa shape index (κ3) is 3.17. The van der Waals surface area contributed by atoms with Crippen molar-refractivity contribution in [3.63, 3.8) is 0 Å². The van der Waals surface area contributed by atoms with Gasteiger partial charge in [-0.2, -0.15) is 0 Å². The molecule has 0 amide bonds. The van der Waals surface area contributed by atoms with Crippen LogP contribution in [-0.4, -0.2) is 25.4 Å². The van der Waals surface area contributed by atoms with Crippen molar-refractivity contribution in [2.24, 2.45) is 0 Å². The molecule has 4 heteroatoms. The molecule has 3 nitrogen and oxygen atoms in total. The predicted octanol–water partition coefficient (Wildman–Crippen LogP) is 3.35. The number of carbonyl (C=O) groups is 2. The summed E-state index contributed by atoms with van der Waals surface area (Å²) in [6, 6.07) is 0. The van der Waals surface area contributed by atoms with Crippen molar-refractivity contribution >= 4 is 20.3 Å². The van der Waals surface area contributed by atoms with Gasteiger partial charge in [0.25, 0.3) is 0 Å². The molecule has 106 valence electrons. The number of carboxylic acid groups (broad SMARTS) is 1. The average Bonchev–Trinajstić information content (AvgIpc) is 2.26. The van der Waals surface area contributed by atoms with Crippen molar-refractivity contribution < 1.29 is 14.7 Å². The maximum Gasteiger partial charge on any atom is 0.336 e. The molecule has 0 atom stereocenters. The van der Waals surface area contributed by atoms with Crippen LogP contribution >= 0.6 is 0 Å². The Morgan fingerprint density at radius 3 is 2.05 bits per heavy atom. The lowest BCUT2D eigenvalue weighted by Gasteiger charge is -2.15. The SMILES string of the molecule is Cc1c(C#C[Si](C)(C)C)c(C)c(C(=O)O)c(C)c1C=O. The van der Waals surface area contributed by atoms with E-state index in [2.05, 4.69) is 31.1 Å². The summed E-state index contributed by atoms with van der Waals surface area (Å²) in [6.07, 6.45) is 0.718. The summed E-state index contributed by atoms with van der Waals surface area (Å²) in [4.78, 5) is 22.7. The minimum absolute atomic E-state index is 0.192. The normalized spacial score (nSPS) is 10.7. The molecule has 0 aliphatic heterocycles. The van der Waals surface area contributed by atoms with Crippen LogP contribution in [0, 0.1) is 32.2 Å². The lowest BCUT2D eigenvalue weighted by molar-refractivity contribution is 0.0695. The van der Waals surface area contributed by atoms with E-state index in [9.17, 15) is 14.7 Å². The highest BCUT2D eigenvalue weighted by atomic mass is 28.3. The van der Waals surface area contributed by atoms with Gasteiger partial charge in [0, 0.05) is 11.1 Å². The lowest BCUT2D eigenvalue weighted by Crippen LogP contribution is -2.17. The Kier molecular flexibility index (Phi) is 4.56. The van der Waals surface area contributed by atoms with Gasteiger partial charge in [-0.1, -0.05) is 25.6 Å². The number of aromatic carboxylic acids is 1. The van der Waals surface area contributed by atoms with E-state index in [4.69, 9.17) is 0 Å². The number of aldehydes is 1. The van der Waals surface area contributed by atoms with Gasteiger partial charge < -0.3 is 5.11 Å². The third-order valence-electron chi connectivity index (χ3n) is 3.20. The zero-order chi connectivity index (χ0) is 15.7. The topological polar surface area (TPSA) is 54.4 Å². The van der Waals surface area contributed by atoms with E-state index in [1.54, 1.807) is 13.8 Å². The first-order valence-electron chi connectivity index (χ1n) is 6.45. The minimum Gasteiger partial charge on any atom is -0.478 e. The molecule has 1 N–H and O–H groups in total. The summed E-state index contributed by atoms with van der Waals surface area (Å²) in [5.41, 5.74) is 6.47. The van der Waals surface area contributed by atoms with Crippen molar-refractivity contribution in [3.05, 3.63) is 33.4 Å². The number of hydrogen-bond donors (Lipinski definition) is 1. The van der Waals surface area contributed by atoms with Crippen LogP contribution in [0.25, 0.3) is 0 Å². The molecule has 1 rings (SSSR count). The minimum atomic E-state index is -1.57. The Hall–Kier alpha value is -1.86. The van der Waals surface area contributed by atoms with Crippen LogP contribution in [-0.2, 0) is 0 Å². The number of carboxylic acids is 1. The second-order valence-electron chi connectivity index (χ2n) is 5.96. The molecule has 0 radical (unpaired) electrons. The molecule has 0 heterocycles. The fourth-order valence-electron chi connectivity index (χ4n) is 2.17. The van der Waals surface area contributed by atoms with Gasteiger partial charge in [-0.15, -0.1) is 5.54 Å². The van der Waals surface area contributed by atoms with Gasteiger partial charge in [0.1, 0.15) is 8.07 Å². The van der Waals surface area contributed by atoms with Crippen LogP contribution in [0.1, 0.15) is 43.0 Å². The summed E-state index contributed by atoms with van der Waals surface area (Å²) in [6.45, 7) is 11.6. The fraction of sp³-hybridized carbons (Fsp3) is 0.375. The molecule has 0 aliphatic carbocycles. The maximum absolute atomic E-state index is 11.4. The first-order valence-corrected chi connectivity index (χ1v) is 9.95. The average molecular weight is 288 g/mol. The van der Waals surface area contributed by atoms with E-state index >= 15 is 0 Å². The van der Waals surface area contributed by atoms with E-state index in [0.717, 1.165) is 11.8 Å². The Bertz CT molecular complexity index is 641. The van der Waals surface area contributed by atoms with E-state index < -0.39 is 14.0 Å². The van der Waals surface area contributed by atoms with Gasteiger partial charge in [0.15, 0.2) is 6.29 Å². The summed E-state index contributed by atoms with van der Waals surface area (Å²) < 4.78 is 0. The second kappa shape index (κ2) is 5.64. The van der Waals surface area contributed by atoms with Gasteiger partial charge in [0.05, 0.1) is 5.56 Å². The molecule has 1 aromatic rings. The van der Waals surface area contributed by atoms with Crippen LogP contribution in [0.3, 0.4) is 0 Å². The van der Waals surface area contributed by atoms with Crippen molar-refractivity contribution in [2.45, 2.75) is 40.4 Å². The lowest BCUT2D eigenvalue weighted by atomic mass is 9.89. The molecule has 0 spiro atoms. The summed E-state index contributed by atoms with van der Waals surface area (Å²) >= 11 is 0. The molecule has 0 saturated heterocycles. The quantitative estimate of drug-likeness (QED) is 0.516. The maximum atomic E-state index is 11.4. The molecule has 0 unspecified atom stereocenters. The number of carbonyl (C=O) groups excluding carboxylic acids is 1. The molecule has 0 aromatic heterocycles. The zero-order valence-electron chi connectivity index (χ0n) is 12.8. The Morgan fingerprint density at radius 2 is 1.65 bits per heavy atom. The molecule has 0 aliphatic rings. The van der Waals surface area contributed by atoms with E-state index in [0.29, 0.717) is 22.3 Å². The van der Waals surface area contributed by atoms with Gasteiger partial charge in [0.2, 0.25) is 0 Å². The highest BCUT2D eigenvalue weighted by molar-refractivity contribution is 6.83. The van der Waals surface area contributed by atoms with E-state index in [1.165, 1.54) is 0 Å². The van der Waals surface area contributed by atoms with Gasteiger partial charge >= 0.3 is 5.97 Å². The Morgan fingerprint density at radius 1 is 1.10 bits per heavy atom. The highest BCUT2D eigenvalue weighted by Gasteiger charge is 2.20. The third-order valence-corrected chi connectivity index (χ3v) is 4.08. The van der Waals surface area contributed by atoms with Gasteiger partial charge in [-0.05, 0) is 37.5 Å². The molecule has 1 aromatic carbocycles. The molecular weight excluding hydrogens is 268 g/mol. The van der Waals surface area contributed by atoms with Crippen LogP contribution in [0.4, 0.5) is 0 Å². The van der Waals surface area contributed by atoms with E-state index in [-0.39, 0.29) is 5.56 Å². The van der Waals surface area contributed by atoms with Crippen molar-refractivity contribution in [1.82, 2.24) is 0 Å². The molecule has 20 heavy (non-hydrogen) atoms. The first kappa shape index (κ1) is 16.2. The molecular formula is C16H20O3Si. The monoisotopic (exact) mass is 288 g/mol. The van der Waals surface area contributed by atoms with Crippen molar-refractivity contribution in [3.8, 4) is 11.5 Å². The van der Waals surface area contributed by atoms with Crippen molar-refractivity contribution in [1.29, 1.82) is 0 Å². The number of hydrogen-bond acceptors (Lipinski definition) is 2. The smallest absolute Gasteiger partial charge is 0.336 e. The summed E-state index contributed by atoms with van der Waals surface area (Å²) in [7, 11) is -1.57. The summed E-state index contributed by atoms with van der Waals surface area (Å²) in [5.74, 6) is 2.09. The Labute approximate surface area is 121 Å². The molecule has 0 fully saturated rings. The van der Waals surface area contributed by atoms with Crippen LogP contribution in [0.5, 0.6) is 0 Å². The summed E-state index contributed by atoms with van der Waals surface area (Å²) in [5, 5.41) is 9.35. The predicted molar refractivity (Wildman–Crippen MR) is 83.2 cm³/mol. The van der Waals surface area contributed by atoms with Crippen LogP contribution in [0.15, 0.2) is 0 Å². The largest absolute Gasteiger partial charge is 0.478 e. The number of benzene rings is 1. The van der Waals surface area contributed by atoms with E-state index in [1.807, 2.05) is 6.92 Å². The zero-order valence-corrected chi connectivity index (χ0v) is 13.8. The highest BCUT2D eigenvalue weighted by Crippen LogP contribution is 2.26. The number of rotatable bonds is 2. The van der Waals surface area contributed by atoms with Gasteiger partial charge in [-0.25, -0.2) is 4.79 Å². The Balaban J connectivity index is 3.76.